The van der Waals surface area contributed by atoms with E-state index in [0.717, 1.165) is 36.4 Å². The fourth-order valence-electron chi connectivity index (χ4n) is 3.23. The highest BCUT2D eigenvalue weighted by molar-refractivity contribution is 7.81. The highest BCUT2D eigenvalue weighted by Gasteiger charge is 2.31. The molecule has 0 spiro atoms. The zero-order valence-corrected chi connectivity index (χ0v) is 22.8. The first-order valence-electron chi connectivity index (χ1n) is 11.8. The molecule has 212 valence electrons. The van der Waals surface area contributed by atoms with Gasteiger partial charge < -0.3 is 10.6 Å². The Bertz CT molecular complexity index is 1240. The molecule has 0 amide bonds. The molecule has 0 fully saturated rings. The molecule has 0 saturated carbocycles. The second kappa shape index (κ2) is 14.8. The van der Waals surface area contributed by atoms with E-state index in [1.807, 2.05) is 13.0 Å². The van der Waals surface area contributed by atoms with E-state index in [0.29, 0.717) is 30.0 Å². The van der Waals surface area contributed by atoms with Crippen molar-refractivity contribution in [3.05, 3.63) is 93.3 Å². The molecule has 0 bridgehead atoms. The van der Waals surface area contributed by atoms with Crippen molar-refractivity contribution in [1.29, 1.82) is 10.5 Å². The molecule has 0 aliphatic heterocycles. The average Bonchev–Trinajstić information content (AvgIpc) is 2.89. The Labute approximate surface area is 233 Å². The molecule has 5 nitrogen and oxygen atoms in total. The molecule has 0 atom stereocenters. The van der Waals surface area contributed by atoms with Crippen LogP contribution in [0.5, 0.6) is 0 Å². The number of ketones is 1. The molecular weight excluding hydrogens is 554 g/mol. The number of alkyl halides is 6. The summed E-state index contributed by atoms with van der Waals surface area (Å²) in [5.41, 5.74) is 0.0662. The van der Waals surface area contributed by atoms with Crippen molar-refractivity contribution in [3.63, 3.8) is 0 Å². The maximum Gasteiger partial charge on any atom is 0.416 e. The number of rotatable bonds is 8. The molecular formula is C28H26F6N4OS. The third-order valence-electron chi connectivity index (χ3n) is 5.26. The third kappa shape index (κ3) is 9.54. The molecule has 0 radical (unpaired) electrons. The van der Waals surface area contributed by atoms with Gasteiger partial charge in [0, 0.05) is 30.0 Å². The second-order valence-electron chi connectivity index (χ2n) is 8.09. The minimum atomic E-state index is -4.45. The summed E-state index contributed by atoms with van der Waals surface area (Å²) in [6.07, 6.45) is -8.83. The molecule has 0 aliphatic carbocycles. The van der Waals surface area contributed by atoms with E-state index in [9.17, 15) is 31.1 Å². The van der Waals surface area contributed by atoms with Gasteiger partial charge in [-0.15, -0.1) is 0 Å². The fourth-order valence-corrected chi connectivity index (χ4v) is 3.56. The van der Waals surface area contributed by atoms with Gasteiger partial charge in [-0.05, 0) is 57.5 Å². The number of carbonyl (C=O) groups is 1. The third-order valence-corrected chi connectivity index (χ3v) is 5.70. The molecule has 0 aliphatic rings. The van der Waals surface area contributed by atoms with Crippen molar-refractivity contribution in [3.8, 4) is 12.1 Å². The van der Waals surface area contributed by atoms with Gasteiger partial charge in [-0.3, -0.25) is 4.79 Å². The van der Waals surface area contributed by atoms with Gasteiger partial charge in [0.15, 0.2) is 0 Å². The first kappa shape index (κ1) is 33.9. The van der Waals surface area contributed by atoms with Gasteiger partial charge >= 0.3 is 12.4 Å². The van der Waals surface area contributed by atoms with Crippen molar-refractivity contribution in [1.82, 2.24) is 10.6 Å². The van der Waals surface area contributed by atoms with Crippen molar-refractivity contribution in [2.45, 2.75) is 40.0 Å². The summed E-state index contributed by atoms with van der Waals surface area (Å²) >= 11 is 5.17. The molecule has 40 heavy (non-hydrogen) atoms. The fraction of sp³-hybridized carbons (Fsp3) is 0.286. The summed E-state index contributed by atoms with van der Waals surface area (Å²) < 4.78 is 74.7. The molecule has 2 aromatic rings. The largest absolute Gasteiger partial charge is 0.416 e. The summed E-state index contributed by atoms with van der Waals surface area (Å²) in [4.78, 5) is 12.3. The molecule has 0 aromatic heterocycles. The van der Waals surface area contributed by atoms with E-state index < -0.39 is 29.3 Å². The zero-order chi connectivity index (χ0) is 30.7. The van der Waals surface area contributed by atoms with Crippen LogP contribution in [0.15, 0.2) is 71.1 Å². The lowest BCUT2D eigenvalue weighted by molar-refractivity contribution is -0.138. The molecule has 0 heterocycles. The van der Waals surface area contributed by atoms with E-state index in [-0.39, 0.29) is 21.6 Å². The molecule has 2 N–H and O–H groups in total. The Kier molecular flexibility index (Phi) is 12.6. The normalized spacial score (nSPS) is 12.4. The Hall–Kier alpha value is -4.16. The highest BCUT2D eigenvalue weighted by atomic mass is 32.1. The number of benzene rings is 2. The minimum Gasteiger partial charge on any atom is -0.388 e. The van der Waals surface area contributed by atoms with Gasteiger partial charge in [0.25, 0.3) is 0 Å². The monoisotopic (exact) mass is 580 g/mol. The summed E-state index contributed by atoms with van der Waals surface area (Å²) in [5.74, 6) is -0.598. The van der Waals surface area contributed by atoms with Crippen molar-refractivity contribution < 1.29 is 31.1 Å². The summed E-state index contributed by atoms with van der Waals surface area (Å²) in [6, 6.07) is 12.0. The SMILES string of the molecule is CCN/C(C)=C(/C#N)C(=O)c1ccc(C(F)(F)F)cc1.CCN/C(C)=C(/C#N)C(=S)c1ccc(C(F)(F)F)cc1. The highest BCUT2D eigenvalue weighted by Crippen LogP contribution is 2.30. The Morgan fingerprint density at radius 3 is 1.40 bits per heavy atom. The topological polar surface area (TPSA) is 88.7 Å². The van der Waals surface area contributed by atoms with E-state index in [1.54, 1.807) is 26.8 Å². The maximum atomic E-state index is 12.5. The van der Waals surface area contributed by atoms with Crippen molar-refractivity contribution >= 4 is 22.9 Å². The van der Waals surface area contributed by atoms with Crippen molar-refractivity contribution in [2.24, 2.45) is 0 Å². The number of nitriles is 2. The van der Waals surface area contributed by atoms with E-state index in [2.05, 4.69) is 10.6 Å². The second-order valence-corrected chi connectivity index (χ2v) is 8.50. The van der Waals surface area contributed by atoms with E-state index in [1.165, 1.54) is 12.1 Å². The number of halogens is 6. The average molecular weight is 581 g/mol. The lowest BCUT2D eigenvalue weighted by Crippen LogP contribution is -2.16. The molecule has 2 aromatic carbocycles. The van der Waals surface area contributed by atoms with E-state index in [4.69, 9.17) is 22.7 Å². The number of allylic oxidation sites excluding steroid dienone is 4. The van der Waals surface area contributed by atoms with Crippen LogP contribution in [-0.4, -0.2) is 23.7 Å². The van der Waals surface area contributed by atoms with Crippen LogP contribution in [0.3, 0.4) is 0 Å². The van der Waals surface area contributed by atoms with Crippen molar-refractivity contribution in [2.75, 3.05) is 13.1 Å². The van der Waals surface area contributed by atoms with Crippen LogP contribution in [0.1, 0.15) is 54.7 Å². The first-order chi connectivity index (χ1) is 18.6. The number of nitrogens with zero attached hydrogens (tertiary/aromatic N) is 2. The van der Waals surface area contributed by atoms with Gasteiger partial charge in [-0.1, -0.05) is 36.5 Å². The smallest absolute Gasteiger partial charge is 0.388 e. The van der Waals surface area contributed by atoms with Gasteiger partial charge in [0.2, 0.25) is 5.78 Å². The predicted octanol–water partition coefficient (Wildman–Crippen LogP) is 7.13. The number of nitrogens with one attached hydrogen (secondary N) is 2. The predicted molar refractivity (Wildman–Crippen MR) is 143 cm³/mol. The quantitative estimate of drug-likeness (QED) is 0.114. The van der Waals surface area contributed by atoms with Gasteiger partial charge in [-0.25, -0.2) is 0 Å². The molecule has 12 heteroatoms. The Morgan fingerprint density at radius 2 is 1.07 bits per heavy atom. The lowest BCUT2D eigenvalue weighted by Gasteiger charge is -2.10. The Balaban J connectivity index is 0.000000400. The van der Waals surface area contributed by atoms with Crippen LogP contribution < -0.4 is 10.6 Å². The van der Waals surface area contributed by atoms with Gasteiger partial charge in [0.05, 0.1) is 21.6 Å². The first-order valence-corrected chi connectivity index (χ1v) is 12.2. The lowest BCUT2D eigenvalue weighted by atomic mass is 10.0. The van der Waals surface area contributed by atoms with Crippen LogP contribution in [-0.2, 0) is 12.4 Å². The zero-order valence-electron chi connectivity index (χ0n) is 22.0. The Morgan fingerprint density at radius 1 is 0.725 bits per heavy atom. The number of thiocarbonyl (C=S) groups is 1. The number of carbonyl (C=O) groups excluding carboxylic acids is 1. The van der Waals surface area contributed by atoms with Gasteiger partial charge in [0.1, 0.15) is 17.7 Å². The molecule has 2 rings (SSSR count). The van der Waals surface area contributed by atoms with Crippen LogP contribution in [0.2, 0.25) is 0 Å². The standard InChI is InChI=1S/C14H13F3N2O.C14H13F3N2S/c2*1-3-19-9(2)12(8-18)13(20)10-4-6-11(7-5-10)14(15,16)17/h2*4-7,19H,3H2,1-2H3/b2*12-9-. The summed E-state index contributed by atoms with van der Waals surface area (Å²) in [5, 5.41) is 23.9. The van der Waals surface area contributed by atoms with Crippen LogP contribution in [0.4, 0.5) is 26.3 Å². The summed E-state index contributed by atoms with van der Waals surface area (Å²) in [6.45, 7) is 8.13. The van der Waals surface area contributed by atoms with Gasteiger partial charge in [-0.2, -0.15) is 36.9 Å². The summed E-state index contributed by atoms with van der Waals surface area (Å²) in [7, 11) is 0. The number of hydrogen-bond acceptors (Lipinski definition) is 6. The van der Waals surface area contributed by atoms with E-state index >= 15 is 0 Å². The van der Waals surface area contributed by atoms with Crippen LogP contribution in [0.25, 0.3) is 0 Å². The molecule has 0 saturated heterocycles. The van der Waals surface area contributed by atoms with Crippen LogP contribution in [0, 0.1) is 22.7 Å². The van der Waals surface area contributed by atoms with Crippen LogP contribution >= 0.6 is 12.2 Å². The minimum absolute atomic E-state index is 0.0480. The number of Topliss-reactive ketones (excluding diaryl/α,β-unsaturated/α-hetero) is 1. The molecule has 0 unspecified atom stereocenters. The number of hydrogen-bond donors (Lipinski definition) is 2. The maximum absolute atomic E-state index is 12.5.